The molecule has 1 aliphatic heterocycles. The molecule has 1 aliphatic rings. The summed E-state index contributed by atoms with van der Waals surface area (Å²) in [5, 5.41) is 5.65. The molecule has 7 heteroatoms. The van der Waals surface area contributed by atoms with E-state index in [1.54, 1.807) is 0 Å². The highest BCUT2D eigenvalue weighted by atomic mass is 127. The molecular weight excluding hydrogens is 445 g/mol. The molecule has 5 nitrogen and oxygen atoms in total. The van der Waals surface area contributed by atoms with Crippen LogP contribution in [0.5, 0.6) is 0 Å². The van der Waals surface area contributed by atoms with E-state index in [0.717, 1.165) is 25.5 Å². The van der Waals surface area contributed by atoms with E-state index in [1.807, 2.05) is 18.4 Å². The fourth-order valence-electron chi connectivity index (χ4n) is 3.05. The van der Waals surface area contributed by atoms with Crippen LogP contribution in [0.4, 0.5) is 0 Å². The molecule has 0 aromatic carbocycles. The molecule has 0 unspecified atom stereocenters. The standard InChI is InChI=1S/C18H33N5S.HI/c1-19-18(22(3)13-8-17-7-4-16-24-17)20-9-5-11-23-12-6-10-21(2)14-15-23;/h4,7,16H,5-6,8-15H2,1-3H3,(H,19,20);1H. The van der Waals surface area contributed by atoms with Crippen LogP contribution in [-0.2, 0) is 6.42 Å². The molecule has 0 spiro atoms. The first-order valence-electron chi connectivity index (χ1n) is 9.04. The Morgan fingerprint density at radius 1 is 1.32 bits per heavy atom. The third-order valence-electron chi connectivity index (χ3n) is 4.59. The lowest BCUT2D eigenvalue weighted by atomic mass is 10.3. The molecule has 1 saturated heterocycles. The van der Waals surface area contributed by atoms with Gasteiger partial charge in [-0.05, 0) is 57.4 Å². The van der Waals surface area contributed by atoms with E-state index in [1.165, 1.54) is 50.4 Å². The largest absolute Gasteiger partial charge is 0.356 e. The Balaban J connectivity index is 0.00000312. The van der Waals surface area contributed by atoms with Gasteiger partial charge in [-0.15, -0.1) is 35.3 Å². The van der Waals surface area contributed by atoms with Crippen LogP contribution in [0, 0.1) is 0 Å². The second-order valence-electron chi connectivity index (χ2n) is 6.58. The number of aliphatic imine (C=N–C) groups is 1. The molecule has 0 bridgehead atoms. The van der Waals surface area contributed by atoms with Gasteiger partial charge in [-0.3, -0.25) is 4.99 Å². The molecule has 0 radical (unpaired) electrons. The van der Waals surface area contributed by atoms with Crippen molar-refractivity contribution < 1.29 is 0 Å². The highest BCUT2D eigenvalue weighted by Crippen LogP contribution is 2.09. The van der Waals surface area contributed by atoms with Gasteiger partial charge in [-0.1, -0.05) is 6.07 Å². The first kappa shape index (κ1) is 22.7. The van der Waals surface area contributed by atoms with Crippen molar-refractivity contribution in [3.8, 4) is 0 Å². The summed E-state index contributed by atoms with van der Waals surface area (Å²) < 4.78 is 0. The first-order valence-corrected chi connectivity index (χ1v) is 9.92. The van der Waals surface area contributed by atoms with E-state index >= 15 is 0 Å². The predicted molar refractivity (Wildman–Crippen MR) is 121 cm³/mol. The number of halogens is 1. The van der Waals surface area contributed by atoms with E-state index < -0.39 is 0 Å². The molecule has 1 fully saturated rings. The molecule has 1 aromatic rings. The Morgan fingerprint density at radius 2 is 2.16 bits per heavy atom. The zero-order valence-electron chi connectivity index (χ0n) is 15.9. The third-order valence-corrected chi connectivity index (χ3v) is 5.53. The summed E-state index contributed by atoms with van der Waals surface area (Å²) in [6, 6.07) is 4.32. The van der Waals surface area contributed by atoms with Crippen LogP contribution in [0.15, 0.2) is 22.5 Å². The maximum absolute atomic E-state index is 4.41. The number of nitrogens with one attached hydrogen (secondary N) is 1. The quantitative estimate of drug-likeness (QED) is 0.282. The van der Waals surface area contributed by atoms with E-state index in [4.69, 9.17) is 0 Å². The van der Waals surface area contributed by atoms with E-state index in [2.05, 4.69) is 56.6 Å². The van der Waals surface area contributed by atoms with Gasteiger partial charge in [0.25, 0.3) is 0 Å². The SMILES string of the molecule is CN=C(NCCCN1CCCN(C)CC1)N(C)CCc1cccs1.I. The smallest absolute Gasteiger partial charge is 0.193 e. The molecule has 25 heavy (non-hydrogen) atoms. The minimum absolute atomic E-state index is 0. The van der Waals surface area contributed by atoms with Gasteiger partial charge in [-0.25, -0.2) is 0 Å². The van der Waals surface area contributed by atoms with Gasteiger partial charge >= 0.3 is 0 Å². The summed E-state index contributed by atoms with van der Waals surface area (Å²) in [6.07, 6.45) is 3.54. The molecule has 0 aliphatic carbocycles. The number of hydrogen-bond acceptors (Lipinski definition) is 4. The Labute approximate surface area is 174 Å². The van der Waals surface area contributed by atoms with E-state index in [-0.39, 0.29) is 24.0 Å². The van der Waals surface area contributed by atoms with Crippen molar-refractivity contribution in [2.45, 2.75) is 19.3 Å². The van der Waals surface area contributed by atoms with Crippen molar-refractivity contribution in [3.05, 3.63) is 22.4 Å². The maximum Gasteiger partial charge on any atom is 0.193 e. The average Bonchev–Trinajstić information content (AvgIpc) is 3.02. The summed E-state index contributed by atoms with van der Waals surface area (Å²) in [6.45, 7) is 8.03. The Hall–Kier alpha value is -0.380. The van der Waals surface area contributed by atoms with Gasteiger partial charge in [0.15, 0.2) is 5.96 Å². The lowest BCUT2D eigenvalue weighted by Crippen LogP contribution is -2.41. The minimum Gasteiger partial charge on any atom is -0.356 e. The second kappa shape index (κ2) is 12.9. The molecular formula is C18H34IN5S. The van der Waals surface area contributed by atoms with Gasteiger partial charge in [0.1, 0.15) is 0 Å². The molecule has 0 atom stereocenters. The van der Waals surface area contributed by atoms with Crippen LogP contribution in [0.3, 0.4) is 0 Å². The van der Waals surface area contributed by atoms with Crippen molar-refractivity contribution in [2.75, 3.05) is 67.0 Å². The highest BCUT2D eigenvalue weighted by Gasteiger charge is 2.11. The fraction of sp³-hybridized carbons (Fsp3) is 0.722. The lowest BCUT2D eigenvalue weighted by molar-refractivity contribution is 0.273. The summed E-state index contributed by atoms with van der Waals surface area (Å²) in [5.41, 5.74) is 0. The van der Waals surface area contributed by atoms with Crippen molar-refractivity contribution in [1.29, 1.82) is 0 Å². The normalized spacial score (nSPS) is 17.0. The Morgan fingerprint density at radius 3 is 2.88 bits per heavy atom. The van der Waals surface area contributed by atoms with Gasteiger partial charge in [0.2, 0.25) is 0 Å². The Bertz CT molecular complexity index is 480. The third kappa shape index (κ3) is 8.70. The average molecular weight is 479 g/mol. The van der Waals surface area contributed by atoms with Crippen LogP contribution in [0.1, 0.15) is 17.7 Å². The molecule has 2 rings (SSSR count). The number of hydrogen-bond donors (Lipinski definition) is 1. The Kier molecular flexibility index (Phi) is 11.7. The number of rotatable bonds is 7. The highest BCUT2D eigenvalue weighted by molar-refractivity contribution is 14.0. The van der Waals surface area contributed by atoms with Gasteiger partial charge < -0.3 is 20.0 Å². The molecule has 1 aromatic heterocycles. The number of thiophene rings is 1. The lowest BCUT2D eigenvalue weighted by Gasteiger charge is -2.23. The molecule has 0 saturated carbocycles. The zero-order valence-corrected chi connectivity index (χ0v) is 19.1. The van der Waals surface area contributed by atoms with Crippen molar-refractivity contribution in [1.82, 2.24) is 20.0 Å². The summed E-state index contributed by atoms with van der Waals surface area (Å²) in [5.74, 6) is 1.00. The summed E-state index contributed by atoms with van der Waals surface area (Å²) in [7, 11) is 6.21. The van der Waals surface area contributed by atoms with Crippen LogP contribution < -0.4 is 5.32 Å². The predicted octanol–water partition coefficient (Wildman–Crippen LogP) is 2.44. The van der Waals surface area contributed by atoms with Crippen LogP contribution in [0.25, 0.3) is 0 Å². The minimum atomic E-state index is 0. The number of nitrogens with zero attached hydrogens (tertiary/aromatic N) is 4. The second-order valence-corrected chi connectivity index (χ2v) is 7.61. The fourth-order valence-corrected chi connectivity index (χ4v) is 3.75. The molecule has 0 amide bonds. The maximum atomic E-state index is 4.41. The van der Waals surface area contributed by atoms with Crippen LogP contribution >= 0.6 is 35.3 Å². The van der Waals surface area contributed by atoms with Gasteiger partial charge in [0, 0.05) is 45.2 Å². The van der Waals surface area contributed by atoms with Crippen molar-refractivity contribution >= 4 is 41.3 Å². The van der Waals surface area contributed by atoms with Crippen LogP contribution in [0.2, 0.25) is 0 Å². The first-order chi connectivity index (χ1) is 11.7. The molecule has 2 heterocycles. The number of guanidine groups is 1. The molecule has 144 valence electrons. The summed E-state index contributed by atoms with van der Waals surface area (Å²) in [4.78, 5) is 13.1. The number of likely N-dealkylation sites (N-methyl/N-ethyl adjacent to an activating group) is 2. The van der Waals surface area contributed by atoms with Gasteiger partial charge in [0.05, 0.1) is 0 Å². The summed E-state index contributed by atoms with van der Waals surface area (Å²) >= 11 is 1.83. The zero-order chi connectivity index (χ0) is 17.2. The monoisotopic (exact) mass is 479 g/mol. The van der Waals surface area contributed by atoms with E-state index in [0.29, 0.717) is 0 Å². The van der Waals surface area contributed by atoms with Crippen molar-refractivity contribution in [2.24, 2.45) is 4.99 Å². The topological polar surface area (TPSA) is 34.1 Å². The van der Waals surface area contributed by atoms with Crippen molar-refractivity contribution in [3.63, 3.8) is 0 Å². The van der Waals surface area contributed by atoms with Gasteiger partial charge in [-0.2, -0.15) is 0 Å². The van der Waals surface area contributed by atoms with E-state index in [9.17, 15) is 0 Å². The van der Waals surface area contributed by atoms with Crippen LogP contribution in [-0.4, -0.2) is 87.6 Å². The molecule has 1 N–H and O–H groups in total.